The molecule has 2 nitrogen and oxygen atoms in total. The van der Waals surface area contributed by atoms with Gasteiger partial charge in [-0.15, -0.1) is 11.3 Å². The maximum Gasteiger partial charge on any atom is 0.0846 e. The highest BCUT2D eigenvalue weighted by atomic mass is 79.9. The highest BCUT2D eigenvalue weighted by Crippen LogP contribution is 2.36. The summed E-state index contributed by atoms with van der Waals surface area (Å²) in [6.07, 6.45) is 2.21. The second kappa shape index (κ2) is 7.05. The lowest BCUT2D eigenvalue weighted by Gasteiger charge is -2.29. The molecule has 0 amide bonds. The van der Waals surface area contributed by atoms with E-state index in [0.717, 1.165) is 30.5 Å². The van der Waals surface area contributed by atoms with Crippen LogP contribution in [0.5, 0.6) is 0 Å². The Balaban J connectivity index is 1.80. The quantitative estimate of drug-likeness (QED) is 0.816. The summed E-state index contributed by atoms with van der Waals surface area (Å²) >= 11 is 5.36. The molecule has 0 radical (unpaired) electrons. The molecule has 4 heteroatoms. The molecule has 0 saturated heterocycles. The molecular weight excluding hydrogens is 346 g/mol. The monoisotopic (exact) mass is 365 g/mol. The smallest absolute Gasteiger partial charge is 0.0846 e. The standard InChI is InChI=1S/C17H20BrNOS/c1-2-19-15(17-9-13(18)11-21-17)10-16-14-6-4-3-5-12(14)7-8-20-16/h3-6,9,11,15-16,19H,2,7-8,10H2,1H3. The van der Waals surface area contributed by atoms with Gasteiger partial charge in [-0.1, -0.05) is 31.2 Å². The van der Waals surface area contributed by atoms with Crippen molar-refractivity contribution in [3.05, 3.63) is 56.2 Å². The van der Waals surface area contributed by atoms with Gasteiger partial charge in [0.15, 0.2) is 0 Å². The first kappa shape index (κ1) is 15.2. The lowest BCUT2D eigenvalue weighted by Crippen LogP contribution is -2.25. The van der Waals surface area contributed by atoms with E-state index < -0.39 is 0 Å². The van der Waals surface area contributed by atoms with E-state index in [0.29, 0.717) is 6.04 Å². The minimum Gasteiger partial charge on any atom is -0.373 e. The van der Waals surface area contributed by atoms with Gasteiger partial charge in [0.2, 0.25) is 0 Å². The zero-order valence-corrected chi connectivity index (χ0v) is 14.5. The van der Waals surface area contributed by atoms with Crippen molar-refractivity contribution in [3.63, 3.8) is 0 Å². The van der Waals surface area contributed by atoms with Gasteiger partial charge in [0, 0.05) is 20.8 Å². The lowest BCUT2D eigenvalue weighted by molar-refractivity contribution is 0.0296. The Morgan fingerprint density at radius 3 is 3.05 bits per heavy atom. The molecule has 1 aliphatic heterocycles. The fourth-order valence-corrected chi connectivity index (χ4v) is 4.48. The number of rotatable bonds is 5. The third kappa shape index (κ3) is 3.57. The summed E-state index contributed by atoms with van der Waals surface area (Å²) in [6.45, 7) is 3.95. The maximum absolute atomic E-state index is 6.06. The van der Waals surface area contributed by atoms with Gasteiger partial charge in [-0.05, 0) is 52.5 Å². The third-order valence-electron chi connectivity index (χ3n) is 3.92. The molecular formula is C17H20BrNOS. The van der Waals surface area contributed by atoms with Crippen LogP contribution in [-0.2, 0) is 11.2 Å². The summed E-state index contributed by atoms with van der Waals surface area (Å²) in [5.41, 5.74) is 2.80. The van der Waals surface area contributed by atoms with Crippen LogP contribution in [-0.4, -0.2) is 13.2 Å². The number of thiophene rings is 1. The Labute approximate surface area is 138 Å². The molecule has 21 heavy (non-hydrogen) atoms. The van der Waals surface area contributed by atoms with Crippen molar-refractivity contribution in [1.29, 1.82) is 0 Å². The van der Waals surface area contributed by atoms with Crippen LogP contribution in [0.2, 0.25) is 0 Å². The predicted molar refractivity (Wildman–Crippen MR) is 91.9 cm³/mol. The average molecular weight is 366 g/mol. The second-order valence-electron chi connectivity index (χ2n) is 5.32. The summed E-state index contributed by atoms with van der Waals surface area (Å²) in [5.74, 6) is 0. The van der Waals surface area contributed by atoms with Crippen LogP contribution in [0.4, 0.5) is 0 Å². The number of nitrogens with one attached hydrogen (secondary N) is 1. The van der Waals surface area contributed by atoms with Gasteiger partial charge >= 0.3 is 0 Å². The number of ether oxygens (including phenoxy) is 1. The highest BCUT2D eigenvalue weighted by molar-refractivity contribution is 9.10. The van der Waals surface area contributed by atoms with E-state index in [1.54, 1.807) is 11.3 Å². The largest absolute Gasteiger partial charge is 0.373 e. The molecule has 1 aromatic heterocycles. The molecule has 2 aromatic rings. The van der Waals surface area contributed by atoms with E-state index >= 15 is 0 Å². The summed E-state index contributed by atoms with van der Waals surface area (Å²) in [5, 5.41) is 5.75. The maximum atomic E-state index is 6.06. The SMILES string of the molecule is CCNC(CC1OCCc2ccccc21)c1cc(Br)cs1. The Morgan fingerprint density at radius 1 is 1.43 bits per heavy atom. The zero-order valence-electron chi connectivity index (χ0n) is 12.1. The predicted octanol–water partition coefficient (Wildman–Crippen LogP) is 4.87. The summed E-state index contributed by atoms with van der Waals surface area (Å²) in [7, 11) is 0. The van der Waals surface area contributed by atoms with Crippen LogP contribution < -0.4 is 5.32 Å². The van der Waals surface area contributed by atoms with E-state index in [1.165, 1.54) is 16.0 Å². The van der Waals surface area contributed by atoms with E-state index in [2.05, 4.69) is 63.9 Å². The summed E-state index contributed by atoms with van der Waals surface area (Å²) < 4.78 is 7.22. The number of fused-ring (bicyclic) bond motifs is 1. The van der Waals surface area contributed by atoms with E-state index in [1.807, 2.05) is 0 Å². The minimum absolute atomic E-state index is 0.194. The van der Waals surface area contributed by atoms with E-state index in [9.17, 15) is 0 Å². The molecule has 3 rings (SSSR count). The number of halogens is 1. The van der Waals surface area contributed by atoms with Crippen molar-refractivity contribution in [1.82, 2.24) is 5.32 Å². The summed E-state index contributed by atoms with van der Waals surface area (Å²) in [6, 6.07) is 11.3. The van der Waals surface area contributed by atoms with Gasteiger partial charge in [0.1, 0.15) is 0 Å². The molecule has 1 aliphatic rings. The van der Waals surface area contributed by atoms with Gasteiger partial charge in [-0.3, -0.25) is 0 Å². The van der Waals surface area contributed by atoms with Crippen LogP contribution in [0.1, 0.15) is 41.5 Å². The van der Waals surface area contributed by atoms with Crippen LogP contribution in [0.3, 0.4) is 0 Å². The van der Waals surface area contributed by atoms with Crippen molar-refractivity contribution in [2.75, 3.05) is 13.2 Å². The Kier molecular flexibility index (Phi) is 5.11. The molecule has 2 unspecified atom stereocenters. The van der Waals surface area contributed by atoms with Crippen LogP contribution in [0, 0.1) is 0 Å². The van der Waals surface area contributed by atoms with Crippen LogP contribution in [0.25, 0.3) is 0 Å². The van der Waals surface area contributed by atoms with Crippen molar-refractivity contribution in [2.45, 2.75) is 31.9 Å². The van der Waals surface area contributed by atoms with E-state index in [-0.39, 0.29) is 6.10 Å². The van der Waals surface area contributed by atoms with Crippen molar-refractivity contribution in [2.24, 2.45) is 0 Å². The van der Waals surface area contributed by atoms with Gasteiger partial charge in [0.05, 0.1) is 12.7 Å². The number of hydrogen-bond donors (Lipinski definition) is 1. The molecule has 112 valence electrons. The van der Waals surface area contributed by atoms with Gasteiger partial charge in [-0.2, -0.15) is 0 Å². The van der Waals surface area contributed by atoms with Crippen molar-refractivity contribution in [3.8, 4) is 0 Å². The Hall–Kier alpha value is -0.680. The number of benzene rings is 1. The minimum atomic E-state index is 0.194. The first-order valence-electron chi connectivity index (χ1n) is 7.44. The Bertz CT molecular complexity index is 598. The van der Waals surface area contributed by atoms with Gasteiger partial charge in [0.25, 0.3) is 0 Å². The van der Waals surface area contributed by atoms with Crippen LogP contribution in [0.15, 0.2) is 40.2 Å². The average Bonchev–Trinajstić information content (AvgIpc) is 2.94. The number of hydrogen-bond acceptors (Lipinski definition) is 3. The molecule has 0 fully saturated rings. The van der Waals surface area contributed by atoms with Crippen molar-refractivity contribution < 1.29 is 4.74 Å². The van der Waals surface area contributed by atoms with E-state index in [4.69, 9.17) is 4.74 Å². The first-order chi connectivity index (χ1) is 10.3. The fourth-order valence-electron chi connectivity index (χ4n) is 2.94. The fraction of sp³-hybridized carbons (Fsp3) is 0.412. The Morgan fingerprint density at radius 2 is 2.29 bits per heavy atom. The molecule has 1 aromatic carbocycles. The van der Waals surface area contributed by atoms with Crippen LogP contribution >= 0.6 is 27.3 Å². The lowest BCUT2D eigenvalue weighted by atomic mass is 9.93. The summed E-state index contributed by atoms with van der Waals surface area (Å²) in [4.78, 5) is 1.37. The van der Waals surface area contributed by atoms with Crippen molar-refractivity contribution >= 4 is 27.3 Å². The molecule has 0 aliphatic carbocycles. The zero-order chi connectivity index (χ0) is 14.7. The molecule has 1 N–H and O–H groups in total. The molecule has 0 bridgehead atoms. The van der Waals surface area contributed by atoms with Gasteiger partial charge in [-0.25, -0.2) is 0 Å². The molecule has 2 atom stereocenters. The topological polar surface area (TPSA) is 21.3 Å². The van der Waals surface area contributed by atoms with Gasteiger partial charge < -0.3 is 10.1 Å². The molecule has 0 spiro atoms. The first-order valence-corrected chi connectivity index (χ1v) is 9.12. The highest BCUT2D eigenvalue weighted by Gasteiger charge is 2.25. The molecule has 0 saturated carbocycles. The second-order valence-corrected chi connectivity index (χ2v) is 7.18. The third-order valence-corrected chi connectivity index (χ3v) is 5.73. The normalized spacial score (nSPS) is 19.2. The molecule has 2 heterocycles.